The van der Waals surface area contributed by atoms with E-state index < -0.39 is 24.6 Å². The van der Waals surface area contributed by atoms with Crippen molar-refractivity contribution in [2.24, 2.45) is 0 Å². The monoisotopic (exact) mass is 349 g/mol. The minimum absolute atomic E-state index is 0.116. The molecule has 1 aliphatic rings. The number of halogens is 3. The van der Waals surface area contributed by atoms with Crippen LogP contribution in [-0.2, 0) is 0 Å². The van der Waals surface area contributed by atoms with Crippen molar-refractivity contribution in [3.05, 3.63) is 60.2 Å². The van der Waals surface area contributed by atoms with Crippen LogP contribution in [0, 0.1) is 0 Å². The van der Waals surface area contributed by atoms with Crippen LogP contribution in [0.1, 0.15) is 23.2 Å². The zero-order valence-corrected chi connectivity index (χ0v) is 13.5. The van der Waals surface area contributed by atoms with Gasteiger partial charge in [-0.15, -0.1) is 0 Å². The molecule has 0 spiro atoms. The lowest BCUT2D eigenvalue weighted by molar-refractivity contribution is -0.271. The largest absolute Gasteiger partial charge is 0.417 e. The summed E-state index contributed by atoms with van der Waals surface area (Å²) in [7, 11) is 0. The van der Waals surface area contributed by atoms with Crippen molar-refractivity contribution in [3.8, 4) is 11.1 Å². The van der Waals surface area contributed by atoms with Gasteiger partial charge in [0.05, 0.1) is 0 Å². The molecule has 132 valence electrons. The summed E-state index contributed by atoms with van der Waals surface area (Å²) in [5, 5.41) is 9.68. The Labute approximate surface area is 143 Å². The van der Waals surface area contributed by atoms with Gasteiger partial charge in [-0.2, -0.15) is 13.2 Å². The number of alkyl halides is 3. The van der Waals surface area contributed by atoms with Gasteiger partial charge in [0.15, 0.2) is 5.60 Å². The third kappa shape index (κ3) is 3.54. The number of carbonyl (C=O) groups excluding carboxylic acids is 1. The molecule has 0 saturated carbocycles. The molecule has 1 fully saturated rings. The van der Waals surface area contributed by atoms with Gasteiger partial charge >= 0.3 is 6.18 Å². The number of rotatable bonds is 2. The summed E-state index contributed by atoms with van der Waals surface area (Å²) >= 11 is 0. The van der Waals surface area contributed by atoms with Gasteiger partial charge in [-0.1, -0.05) is 42.5 Å². The predicted octanol–water partition coefficient (Wildman–Crippen LogP) is 3.88. The van der Waals surface area contributed by atoms with E-state index in [1.165, 1.54) is 4.90 Å². The summed E-state index contributed by atoms with van der Waals surface area (Å²) < 4.78 is 38.5. The number of aliphatic hydroxyl groups is 1. The molecule has 2 aromatic carbocycles. The van der Waals surface area contributed by atoms with E-state index >= 15 is 0 Å². The second-order valence-corrected chi connectivity index (χ2v) is 6.26. The second kappa shape index (κ2) is 6.52. The van der Waals surface area contributed by atoms with Crippen molar-refractivity contribution in [3.63, 3.8) is 0 Å². The molecule has 1 N–H and O–H groups in total. The van der Waals surface area contributed by atoms with Gasteiger partial charge in [0.2, 0.25) is 0 Å². The lowest BCUT2D eigenvalue weighted by Crippen LogP contribution is -2.54. The van der Waals surface area contributed by atoms with Crippen molar-refractivity contribution in [1.29, 1.82) is 0 Å². The van der Waals surface area contributed by atoms with Crippen LogP contribution < -0.4 is 0 Å². The fourth-order valence-electron chi connectivity index (χ4n) is 2.98. The topological polar surface area (TPSA) is 40.5 Å². The summed E-state index contributed by atoms with van der Waals surface area (Å²) in [6.45, 7) is -0.232. The molecule has 0 atom stereocenters. The first-order valence-electron chi connectivity index (χ1n) is 8.04. The number of likely N-dealkylation sites (tertiary alicyclic amines) is 1. The Kier molecular flexibility index (Phi) is 4.56. The van der Waals surface area contributed by atoms with Crippen molar-refractivity contribution in [2.75, 3.05) is 13.1 Å². The Bertz CT molecular complexity index is 734. The van der Waals surface area contributed by atoms with Crippen LogP contribution in [0.5, 0.6) is 0 Å². The maximum Gasteiger partial charge on any atom is 0.417 e. The number of benzene rings is 2. The lowest BCUT2D eigenvalue weighted by Gasteiger charge is -2.39. The standard InChI is InChI=1S/C19H18F3NO2/c20-19(21,22)18(25)10-12-23(13-11-18)17(24)16-8-6-15(7-9-16)14-4-2-1-3-5-14/h1-9,25H,10-13H2. The van der Waals surface area contributed by atoms with Crippen molar-refractivity contribution < 1.29 is 23.1 Å². The first kappa shape index (κ1) is 17.5. The highest BCUT2D eigenvalue weighted by molar-refractivity contribution is 5.94. The summed E-state index contributed by atoms with van der Waals surface area (Å²) in [6.07, 6.45) is -5.66. The molecule has 3 rings (SSSR count). The van der Waals surface area contributed by atoms with Gasteiger partial charge in [0.1, 0.15) is 0 Å². The molecule has 25 heavy (non-hydrogen) atoms. The third-order valence-electron chi connectivity index (χ3n) is 4.64. The van der Waals surface area contributed by atoms with E-state index in [2.05, 4.69) is 0 Å². The van der Waals surface area contributed by atoms with Gasteiger partial charge < -0.3 is 10.0 Å². The highest BCUT2D eigenvalue weighted by Gasteiger charge is 2.54. The van der Waals surface area contributed by atoms with Crippen LogP contribution in [0.25, 0.3) is 11.1 Å². The van der Waals surface area contributed by atoms with Gasteiger partial charge in [-0.3, -0.25) is 4.79 Å². The van der Waals surface area contributed by atoms with Crippen LogP contribution in [0.15, 0.2) is 54.6 Å². The maximum atomic E-state index is 12.8. The SMILES string of the molecule is O=C(c1ccc(-c2ccccc2)cc1)N1CCC(O)(C(F)(F)F)CC1. The number of piperidine rings is 1. The van der Waals surface area contributed by atoms with E-state index in [0.29, 0.717) is 5.56 Å². The smallest absolute Gasteiger partial charge is 0.380 e. The Morgan fingerprint density at radius 2 is 1.44 bits per heavy atom. The van der Waals surface area contributed by atoms with E-state index in [4.69, 9.17) is 0 Å². The molecule has 0 aromatic heterocycles. The van der Waals surface area contributed by atoms with Crippen LogP contribution in [0.3, 0.4) is 0 Å². The number of amides is 1. The highest BCUT2D eigenvalue weighted by Crippen LogP contribution is 2.38. The van der Waals surface area contributed by atoms with Crippen LogP contribution in [0.2, 0.25) is 0 Å². The second-order valence-electron chi connectivity index (χ2n) is 6.26. The lowest BCUT2D eigenvalue weighted by atomic mass is 9.90. The quantitative estimate of drug-likeness (QED) is 0.894. The van der Waals surface area contributed by atoms with E-state index in [1.807, 2.05) is 42.5 Å². The van der Waals surface area contributed by atoms with Gasteiger partial charge in [0.25, 0.3) is 5.91 Å². The zero-order chi connectivity index (χ0) is 18.1. The Balaban J connectivity index is 1.68. The number of carbonyl (C=O) groups is 1. The van der Waals surface area contributed by atoms with Crippen molar-refractivity contribution in [1.82, 2.24) is 4.90 Å². The molecule has 0 aliphatic carbocycles. The summed E-state index contributed by atoms with van der Waals surface area (Å²) in [5.41, 5.74) is -0.282. The molecule has 0 bridgehead atoms. The van der Waals surface area contributed by atoms with Crippen LogP contribution >= 0.6 is 0 Å². The predicted molar refractivity (Wildman–Crippen MR) is 88.0 cm³/mol. The number of hydrogen-bond donors (Lipinski definition) is 1. The Morgan fingerprint density at radius 3 is 1.96 bits per heavy atom. The molecule has 1 amide bonds. The average Bonchev–Trinajstić information content (AvgIpc) is 2.62. The molecule has 0 unspecified atom stereocenters. The van der Waals surface area contributed by atoms with E-state index in [0.717, 1.165) is 11.1 Å². The highest BCUT2D eigenvalue weighted by atomic mass is 19.4. The van der Waals surface area contributed by atoms with Crippen molar-refractivity contribution in [2.45, 2.75) is 24.6 Å². The molecular weight excluding hydrogens is 331 g/mol. The molecule has 1 heterocycles. The molecule has 0 radical (unpaired) electrons. The van der Waals surface area contributed by atoms with E-state index in [1.54, 1.807) is 12.1 Å². The molecule has 2 aromatic rings. The van der Waals surface area contributed by atoms with Crippen LogP contribution in [0.4, 0.5) is 13.2 Å². The van der Waals surface area contributed by atoms with Gasteiger partial charge in [-0.25, -0.2) is 0 Å². The van der Waals surface area contributed by atoms with Crippen LogP contribution in [-0.4, -0.2) is 40.8 Å². The van der Waals surface area contributed by atoms with Crippen molar-refractivity contribution >= 4 is 5.91 Å². The first-order chi connectivity index (χ1) is 11.8. The third-order valence-corrected chi connectivity index (χ3v) is 4.64. The molecule has 1 saturated heterocycles. The molecule has 1 aliphatic heterocycles. The minimum Gasteiger partial charge on any atom is -0.380 e. The Hall–Kier alpha value is -2.34. The summed E-state index contributed by atoms with van der Waals surface area (Å²) in [6, 6.07) is 16.7. The van der Waals surface area contributed by atoms with Gasteiger partial charge in [0, 0.05) is 31.5 Å². The Morgan fingerprint density at radius 1 is 0.920 bits per heavy atom. The maximum absolute atomic E-state index is 12.8. The molecular formula is C19H18F3NO2. The minimum atomic E-state index is -4.67. The normalized spacial score (nSPS) is 17.4. The average molecular weight is 349 g/mol. The zero-order valence-electron chi connectivity index (χ0n) is 13.5. The van der Waals surface area contributed by atoms with Gasteiger partial charge in [-0.05, 0) is 23.3 Å². The molecule has 3 nitrogen and oxygen atoms in total. The van der Waals surface area contributed by atoms with E-state index in [-0.39, 0.29) is 19.0 Å². The summed E-state index contributed by atoms with van der Waals surface area (Å²) in [5.74, 6) is -0.316. The number of nitrogens with zero attached hydrogens (tertiary/aromatic N) is 1. The summed E-state index contributed by atoms with van der Waals surface area (Å²) in [4.78, 5) is 13.8. The number of hydrogen-bond acceptors (Lipinski definition) is 2. The first-order valence-corrected chi connectivity index (χ1v) is 8.04. The molecule has 6 heteroatoms. The fraction of sp³-hybridized carbons (Fsp3) is 0.316. The fourth-order valence-corrected chi connectivity index (χ4v) is 2.98. The van der Waals surface area contributed by atoms with E-state index in [9.17, 15) is 23.1 Å².